The van der Waals surface area contributed by atoms with Crippen LogP contribution >= 0.6 is 11.8 Å². The summed E-state index contributed by atoms with van der Waals surface area (Å²) in [7, 11) is 1.62. The number of hydrogen-bond donors (Lipinski definition) is 2. The number of aromatic nitrogens is 2. The number of benzene rings is 2. The molecule has 146 valence electrons. The van der Waals surface area contributed by atoms with Gasteiger partial charge in [-0.3, -0.25) is 19.5 Å². The van der Waals surface area contributed by atoms with Crippen molar-refractivity contribution in [3.63, 3.8) is 0 Å². The second-order valence-electron chi connectivity index (χ2n) is 6.59. The summed E-state index contributed by atoms with van der Waals surface area (Å²) in [6.07, 6.45) is 0.772. The van der Waals surface area contributed by atoms with E-state index in [1.807, 2.05) is 50.2 Å². The Bertz CT molecular complexity index is 1110. The molecule has 2 aromatic carbocycles. The predicted molar refractivity (Wildman–Crippen MR) is 112 cm³/mol. The van der Waals surface area contributed by atoms with Gasteiger partial charge in [0, 0.05) is 13.1 Å². The fraction of sp³-hybridized carbons (Fsp3) is 0.300. The highest BCUT2D eigenvalue weighted by Crippen LogP contribution is 2.22. The monoisotopic (exact) mass is 398 g/mol. The third kappa shape index (κ3) is 4.33. The van der Waals surface area contributed by atoms with Gasteiger partial charge in [0.15, 0.2) is 5.16 Å². The largest absolute Gasteiger partial charge is 0.335 e. The number of urea groups is 1. The quantitative estimate of drug-likeness (QED) is 0.392. The van der Waals surface area contributed by atoms with Crippen molar-refractivity contribution in [3.8, 4) is 0 Å². The van der Waals surface area contributed by atoms with E-state index in [0.717, 1.165) is 29.0 Å². The Balaban J connectivity index is 1.78. The van der Waals surface area contributed by atoms with Gasteiger partial charge in [0.1, 0.15) is 0 Å². The number of thioether (sulfide) groups is 1. The summed E-state index contributed by atoms with van der Waals surface area (Å²) >= 11 is 1.12. The summed E-state index contributed by atoms with van der Waals surface area (Å²) < 4.78 is 1.42. The van der Waals surface area contributed by atoms with Crippen LogP contribution < -0.4 is 16.2 Å². The molecule has 0 aliphatic heterocycles. The lowest BCUT2D eigenvalue weighted by atomic mass is 10.1. The third-order valence-electron chi connectivity index (χ3n) is 4.48. The van der Waals surface area contributed by atoms with Crippen molar-refractivity contribution in [2.75, 3.05) is 5.75 Å². The van der Waals surface area contributed by atoms with Gasteiger partial charge >= 0.3 is 6.03 Å². The molecule has 2 N–H and O–H groups in total. The highest BCUT2D eigenvalue weighted by atomic mass is 32.2. The van der Waals surface area contributed by atoms with E-state index in [4.69, 9.17) is 0 Å². The fourth-order valence-electron chi connectivity index (χ4n) is 2.72. The van der Waals surface area contributed by atoms with Crippen molar-refractivity contribution in [1.82, 2.24) is 20.2 Å². The van der Waals surface area contributed by atoms with Crippen LogP contribution in [-0.4, -0.2) is 33.3 Å². The molecule has 7 nitrogen and oxygen atoms in total. The van der Waals surface area contributed by atoms with Crippen LogP contribution in [0.25, 0.3) is 21.7 Å². The van der Waals surface area contributed by atoms with Crippen LogP contribution in [-0.2, 0) is 11.8 Å². The lowest BCUT2D eigenvalue weighted by Gasteiger charge is -2.12. The van der Waals surface area contributed by atoms with Gasteiger partial charge in [0.25, 0.3) is 5.56 Å². The number of carbonyl (C=O) groups is 2. The molecule has 3 aromatic rings. The van der Waals surface area contributed by atoms with E-state index in [2.05, 4.69) is 15.6 Å². The first-order valence-corrected chi connectivity index (χ1v) is 10.00. The molecule has 0 aliphatic carbocycles. The zero-order valence-corrected chi connectivity index (χ0v) is 16.8. The van der Waals surface area contributed by atoms with Crippen molar-refractivity contribution in [3.05, 3.63) is 46.8 Å². The average Bonchev–Trinajstić information content (AvgIpc) is 2.68. The molecule has 0 unspecified atom stereocenters. The standard InChI is InChI=1S/C20H22N4O3S/c1-4-12(2)21-19(27)23-17(25)11-28-20-22-16-10-14-8-6-5-7-13(14)9-15(16)18(26)24(20)3/h5-10,12H,4,11H2,1-3H3,(H2,21,23,25,27)/t12-/m0/s1. The van der Waals surface area contributed by atoms with Crippen molar-refractivity contribution in [2.24, 2.45) is 7.05 Å². The summed E-state index contributed by atoms with van der Waals surface area (Å²) in [5.41, 5.74) is 0.410. The highest BCUT2D eigenvalue weighted by molar-refractivity contribution is 7.99. The molecule has 3 amide bonds. The Kier molecular flexibility index (Phi) is 5.99. The summed E-state index contributed by atoms with van der Waals surface area (Å²) in [4.78, 5) is 41.0. The number of carbonyl (C=O) groups excluding carboxylic acids is 2. The Labute approximate surface area is 166 Å². The lowest BCUT2D eigenvalue weighted by molar-refractivity contribution is -0.117. The van der Waals surface area contributed by atoms with Gasteiger partial charge < -0.3 is 5.32 Å². The number of fused-ring (bicyclic) bond motifs is 2. The molecule has 0 bridgehead atoms. The molecule has 1 heterocycles. The Morgan fingerprint density at radius 2 is 1.89 bits per heavy atom. The maximum Gasteiger partial charge on any atom is 0.321 e. The molecule has 0 aliphatic rings. The first-order chi connectivity index (χ1) is 13.4. The summed E-state index contributed by atoms with van der Waals surface area (Å²) in [6.45, 7) is 3.80. The molecule has 1 aromatic heterocycles. The van der Waals surface area contributed by atoms with E-state index >= 15 is 0 Å². The van der Waals surface area contributed by atoms with Crippen molar-refractivity contribution in [2.45, 2.75) is 31.5 Å². The van der Waals surface area contributed by atoms with Crippen LogP contribution in [0.2, 0.25) is 0 Å². The van der Waals surface area contributed by atoms with E-state index in [0.29, 0.717) is 16.1 Å². The molecule has 0 saturated heterocycles. The first-order valence-electron chi connectivity index (χ1n) is 9.01. The van der Waals surface area contributed by atoms with E-state index in [1.54, 1.807) is 7.05 Å². The molecule has 0 spiro atoms. The van der Waals surface area contributed by atoms with E-state index < -0.39 is 11.9 Å². The average molecular weight is 398 g/mol. The molecule has 0 radical (unpaired) electrons. The highest BCUT2D eigenvalue weighted by Gasteiger charge is 2.14. The van der Waals surface area contributed by atoms with E-state index in [1.165, 1.54) is 4.57 Å². The number of nitrogens with zero attached hydrogens (tertiary/aromatic N) is 2. The smallest absolute Gasteiger partial charge is 0.321 e. The van der Waals surface area contributed by atoms with E-state index in [-0.39, 0.29) is 17.4 Å². The predicted octanol–water partition coefficient (Wildman–Crippen LogP) is 2.80. The maximum absolute atomic E-state index is 12.7. The topological polar surface area (TPSA) is 93.1 Å². The van der Waals surface area contributed by atoms with Crippen LogP contribution in [0.3, 0.4) is 0 Å². The van der Waals surface area contributed by atoms with Crippen LogP contribution in [0.5, 0.6) is 0 Å². The zero-order valence-electron chi connectivity index (χ0n) is 16.0. The molecule has 8 heteroatoms. The van der Waals surface area contributed by atoms with Gasteiger partial charge in [-0.1, -0.05) is 43.0 Å². The maximum atomic E-state index is 12.7. The van der Waals surface area contributed by atoms with Crippen molar-refractivity contribution >= 4 is 45.4 Å². The zero-order chi connectivity index (χ0) is 20.3. The van der Waals surface area contributed by atoms with Gasteiger partial charge in [-0.2, -0.15) is 0 Å². The summed E-state index contributed by atoms with van der Waals surface area (Å²) in [6, 6.07) is 10.9. The Hall–Kier alpha value is -2.87. The molecular weight excluding hydrogens is 376 g/mol. The van der Waals surface area contributed by atoms with Gasteiger partial charge in [0.05, 0.1) is 16.7 Å². The normalized spacial score (nSPS) is 12.1. The molecule has 0 saturated carbocycles. The lowest BCUT2D eigenvalue weighted by Crippen LogP contribution is -2.43. The molecule has 0 fully saturated rings. The minimum absolute atomic E-state index is 0.0155. The fourth-order valence-corrected chi connectivity index (χ4v) is 3.49. The van der Waals surface area contributed by atoms with Crippen LogP contribution in [0.4, 0.5) is 4.79 Å². The van der Waals surface area contributed by atoms with Crippen molar-refractivity contribution in [1.29, 1.82) is 0 Å². The SMILES string of the molecule is CC[C@H](C)NC(=O)NC(=O)CSc1nc2cc3ccccc3cc2c(=O)n1C. The number of amides is 3. The van der Waals surface area contributed by atoms with Crippen LogP contribution in [0.15, 0.2) is 46.3 Å². The van der Waals surface area contributed by atoms with Gasteiger partial charge in [-0.15, -0.1) is 0 Å². The van der Waals surface area contributed by atoms with E-state index in [9.17, 15) is 14.4 Å². The minimum atomic E-state index is -0.522. The number of nitrogens with one attached hydrogen (secondary N) is 2. The minimum Gasteiger partial charge on any atom is -0.335 e. The second-order valence-corrected chi connectivity index (χ2v) is 7.54. The number of imide groups is 1. The molecule has 28 heavy (non-hydrogen) atoms. The Morgan fingerprint density at radius 3 is 2.57 bits per heavy atom. The molecule has 3 rings (SSSR count). The number of hydrogen-bond acceptors (Lipinski definition) is 5. The third-order valence-corrected chi connectivity index (χ3v) is 5.51. The summed E-state index contributed by atoms with van der Waals surface area (Å²) in [5, 5.41) is 7.87. The van der Waals surface area contributed by atoms with Crippen LogP contribution in [0, 0.1) is 0 Å². The summed E-state index contributed by atoms with van der Waals surface area (Å²) in [5.74, 6) is -0.466. The van der Waals surface area contributed by atoms with Gasteiger partial charge in [-0.05, 0) is 36.2 Å². The van der Waals surface area contributed by atoms with Crippen LogP contribution in [0.1, 0.15) is 20.3 Å². The number of rotatable bonds is 5. The Morgan fingerprint density at radius 1 is 1.21 bits per heavy atom. The first kappa shape index (κ1) is 19.9. The second kappa shape index (κ2) is 8.43. The van der Waals surface area contributed by atoms with Gasteiger partial charge in [-0.25, -0.2) is 9.78 Å². The molecule has 1 atom stereocenters. The molecular formula is C20H22N4O3S. The van der Waals surface area contributed by atoms with Gasteiger partial charge in [0.2, 0.25) is 5.91 Å². The van der Waals surface area contributed by atoms with Crippen molar-refractivity contribution < 1.29 is 9.59 Å².